The van der Waals surface area contributed by atoms with Gasteiger partial charge in [-0.3, -0.25) is 4.79 Å². The van der Waals surface area contributed by atoms with Crippen LogP contribution < -0.4 is 10.1 Å². The van der Waals surface area contributed by atoms with Gasteiger partial charge >= 0.3 is 0 Å². The third kappa shape index (κ3) is 0.570. The molecule has 2 rings (SSSR count). The van der Waals surface area contributed by atoms with Gasteiger partial charge in [0.25, 0.3) is 5.91 Å². The summed E-state index contributed by atoms with van der Waals surface area (Å²) in [6.07, 6.45) is 1.43. The first-order valence-electron chi connectivity index (χ1n) is 2.82. The van der Waals surface area contributed by atoms with E-state index >= 15 is 0 Å². The van der Waals surface area contributed by atoms with Gasteiger partial charge in [-0.2, -0.15) is 0 Å². The summed E-state index contributed by atoms with van der Waals surface area (Å²) in [6, 6.07) is 0. The van der Waals surface area contributed by atoms with Crippen LogP contribution in [0.25, 0.3) is 0 Å². The van der Waals surface area contributed by atoms with Crippen LogP contribution in [0.15, 0.2) is 6.33 Å². The molecule has 1 aliphatic heterocycles. The fourth-order valence-electron chi connectivity index (χ4n) is 0.812. The summed E-state index contributed by atoms with van der Waals surface area (Å²) in [6.45, 7) is 0.205. The summed E-state index contributed by atoms with van der Waals surface area (Å²) in [7, 11) is 0. The van der Waals surface area contributed by atoms with E-state index in [4.69, 9.17) is 4.74 Å². The lowest BCUT2D eigenvalue weighted by molar-refractivity contribution is 0.0875. The average molecular weight is 139 g/mol. The molecule has 1 amide bonds. The molecule has 1 aliphatic rings. The Bertz CT molecular complexity index is 268. The first-order chi connectivity index (χ1) is 4.88. The van der Waals surface area contributed by atoms with E-state index in [0.29, 0.717) is 11.6 Å². The zero-order chi connectivity index (χ0) is 6.97. The van der Waals surface area contributed by atoms with Gasteiger partial charge in [-0.05, 0) is 0 Å². The summed E-state index contributed by atoms with van der Waals surface area (Å²) in [4.78, 5) is 17.3. The third-order valence-electron chi connectivity index (χ3n) is 1.27. The van der Waals surface area contributed by atoms with Gasteiger partial charge in [-0.25, -0.2) is 4.98 Å². The van der Waals surface area contributed by atoms with Crippen molar-refractivity contribution in [3.63, 3.8) is 0 Å². The molecule has 0 unspecified atom stereocenters. The number of fused-ring (bicyclic) bond motifs is 1. The molecule has 0 saturated carbocycles. The first kappa shape index (κ1) is 5.28. The van der Waals surface area contributed by atoms with Gasteiger partial charge in [0.1, 0.15) is 0 Å². The molecule has 5 nitrogen and oxygen atoms in total. The minimum Gasteiger partial charge on any atom is -0.455 e. The van der Waals surface area contributed by atoms with Gasteiger partial charge in [-0.15, -0.1) is 0 Å². The molecule has 0 spiro atoms. The Hall–Kier alpha value is -1.52. The summed E-state index contributed by atoms with van der Waals surface area (Å²) < 4.78 is 4.96. The maximum absolute atomic E-state index is 10.9. The fourth-order valence-corrected chi connectivity index (χ4v) is 0.812. The quantitative estimate of drug-likeness (QED) is 0.508. The monoisotopic (exact) mass is 139 g/mol. The van der Waals surface area contributed by atoms with Crippen LogP contribution in [0.4, 0.5) is 0 Å². The highest BCUT2D eigenvalue weighted by molar-refractivity contribution is 5.95. The van der Waals surface area contributed by atoms with E-state index in [1.165, 1.54) is 6.33 Å². The van der Waals surface area contributed by atoms with Crippen molar-refractivity contribution in [2.45, 2.75) is 0 Å². The lowest BCUT2D eigenvalue weighted by Gasteiger charge is -2.11. The first-order valence-corrected chi connectivity index (χ1v) is 2.82. The lowest BCUT2D eigenvalue weighted by Crippen LogP contribution is -2.32. The van der Waals surface area contributed by atoms with Crippen LogP contribution in [0.3, 0.4) is 0 Å². The summed E-state index contributed by atoms with van der Waals surface area (Å²) in [5.74, 6) is 0.211. The van der Waals surface area contributed by atoms with E-state index in [1.54, 1.807) is 0 Å². The van der Waals surface area contributed by atoms with Crippen LogP contribution in [-0.4, -0.2) is 22.6 Å². The minimum atomic E-state index is -0.168. The SMILES string of the molecule is O=C1NCOc2nc[nH]c21. The number of imidazole rings is 1. The molecule has 0 saturated heterocycles. The van der Waals surface area contributed by atoms with Crippen LogP contribution in [-0.2, 0) is 0 Å². The van der Waals surface area contributed by atoms with Crippen molar-refractivity contribution in [2.24, 2.45) is 0 Å². The lowest BCUT2D eigenvalue weighted by atomic mass is 10.4. The summed E-state index contributed by atoms with van der Waals surface area (Å²) >= 11 is 0. The summed E-state index contributed by atoms with van der Waals surface area (Å²) in [5, 5.41) is 2.49. The second-order valence-corrected chi connectivity index (χ2v) is 1.88. The Morgan fingerprint density at radius 1 is 1.70 bits per heavy atom. The predicted octanol–water partition coefficient (Wildman–Crippen LogP) is -0.511. The van der Waals surface area contributed by atoms with Crippen molar-refractivity contribution >= 4 is 5.91 Å². The second kappa shape index (κ2) is 1.73. The van der Waals surface area contributed by atoms with E-state index in [1.807, 2.05) is 0 Å². The Labute approximate surface area is 56.4 Å². The van der Waals surface area contributed by atoms with Crippen molar-refractivity contribution in [3.05, 3.63) is 12.0 Å². The maximum atomic E-state index is 10.9. The highest BCUT2D eigenvalue weighted by atomic mass is 16.5. The predicted molar refractivity (Wildman–Crippen MR) is 31.5 cm³/mol. The molecule has 0 bridgehead atoms. The average Bonchev–Trinajstić information content (AvgIpc) is 2.36. The van der Waals surface area contributed by atoms with Gasteiger partial charge in [0.2, 0.25) is 5.88 Å². The maximum Gasteiger partial charge on any atom is 0.275 e. The molecule has 0 aliphatic carbocycles. The van der Waals surface area contributed by atoms with E-state index in [9.17, 15) is 4.79 Å². The van der Waals surface area contributed by atoms with Crippen LogP contribution in [0, 0.1) is 0 Å². The highest BCUT2D eigenvalue weighted by Gasteiger charge is 2.19. The van der Waals surface area contributed by atoms with Crippen molar-refractivity contribution in [3.8, 4) is 5.88 Å². The Kier molecular flexibility index (Phi) is 0.913. The number of carbonyl (C=O) groups excluding carboxylic acids is 1. The molecular weight excluding hydrogens is 134 g/mol. The zero-order valence-electron chi connectivity index (χ0n) is 5.05. The van der Waals surface area contributed by atoms with Crippen LogP contribution in [0.1, 0.15) is 10.5 Å². The van der Waals surface area contributed by atoms with E-state index in [0.717, 1.165) is 0 Å². The molecule has 1 aromatic heterocycles. The number of nitrogens with zero attached hydrogens (tertiary/aromatic N) is 1. The molecular formula is C5H5N3O2. The number of hydrogen-bond acceptors (Lipinski definition) is 3. The highest BCUT2D eigenvalue weighted by Crippen LogP contribution is 2.14. The van der Waals surface area contributed by atoms with Crippen LogP contribution >= 0.6 is 0 Å². The number of aromatic nitrogens is 2. The normalized spacial score (nSPS) is 15.4. The summed E-state index contributed by atoms with van der Waals surface area (Å²) in [5.41, 5.74) is 0.395. The molecule has 52 valence electrons. The van der Waals surface area contributed by atoms with Crippen molar-refractivity contribution in [1.82, 2.24) is 15.3 Å². The molecule has 1 aromatic rings. The standard InChI is InChI=1S/C5H5N3O2/c9-4-3-5(7-1-6-3)10-2-8-4/h1H,2H2,(H,6,7)(H,8,9). The molecule has 0 radical (unpaired) electrons. The van der Waals surface area contributed by atoms with Gasteiger partial charge in [-0.1, -0.05) is 0 Å². The number of rotatable bonds is 0. The number of hydrogen-bond donors (Lipinski definition) is 2. The number of H-pyrrole nitrogens is 1. The topological polar surface area (TPSA) is 67.0 Å². The Morgan fingerprint density at radius 2 is 2.60 bits per heavy atom. The van der Waals surface area contributed by atoms with Crippen molar-refractivity contribution in [1.29, 1.82) is 0 Å². The number of amides is 1. The smallest absolute Gasteiger partial charge is 0.275 e. The molecule has 2 heterocycles. The Balaban J connectivity index is 2.50. The zero-order valence-corrected chi connectivity index (χ0v) is 5.05. The van der Waals surface area contributed by atoms with E-state index in [2.05, 4.69) is 15.3 Å². The van der Waals surface area contributed by atoms with E-state index in [-0.39, 0.29) is 12.6 Å². The van der Waals surface area contributed by atoms with Crippen molar-refractivity contribution < 1.29 is 9.53 Å². The van der Waals surface area contributed by atoms with Crippen LogP contribution in [0.5, 0.6) is 5.88 Å². The molecule has 10 heavy (non-hydrogen) atoms. The number of carbonyl (C=O) groups is 1. The molecule has 0 atom stereocenters. The molecule has 5 heteroatoms. The second-order valence-electron chi connectivity index (χ2n) is 1.88. The van der Waals surface area contributed by atoms with Gasteiger partial charge in [0.05, 0.1) is 6.33 Å². The largest absolute Gasteiger partial charge is 0.455 e. The third-order valence-corrected chi connectivity index (χ3v) is 1.27. The van der Waals surface area contributed by atoms with Crippen LogP contribution in [0.2, 0.25) is 0 Å². The number of nitrogens with one attached hydrogen (secondary N) is 2. The van der Waals surface area contributed by atoms with Gasteiger partial charge in [0, 0.05) is 0 Å². The molecule has 0 fully saturated rings. The fraction of sp³-hybridized carbons (Fsp3) is 0.200. The number of aromatic amines is 1. The van der Waals surface area contributed by atoms with E-state index < -0.39 is 0 Å². The minimum absolute atomic E-state index is 0.168. The van der Waals surface area contributed by atoms with Gasteiger partial charge < -0.3 is 15.0 Å². The van der Waals surface area contributed by atoms with Gasteiger partial charge in [0.15, 0.2) is 12.4 Å². The van der Waals surface area contributed by atoms with Crippen molar-refractivity contribution in [2.75, 3.05) is 6.73 Å². The molecule has 0 aromatic carbocycles. The molecule has 2 N–H and O–H groups in total. The Morgan fingerprint density at radius 3 is 3.40 bits per heavy atom. The number of ether oxygens (including phenoxy) is 1.